The number of aliphatic imine (C=N–C) groups is 1. The van der Waals surface area contributed by atoms with Gasteiger partial charge in [0.2, 0.25) is 0 Å². The standard InChI is InChI=1S/C28H34N2O4/c1-5-24(20-6-8-22(9-7-20)27(33)34-4)30-26(32)25(21-10-12-23(31)13-11-21)29-28(30)16-14-19(15-17-28)18(2)3/h6-13,18-19,24,31H,5,14-17H2,1-4H3/t19?,24-,28?/m1/s1. The Labute approximate surface area is 201 Å². The number of esters is 1. The maximum Gasteiger partial charge on any atom is 0.337 e. The molecule has 2 aromatic rings. The molecule has 1 amide bonds. The molecular weight excluding hydrogens is 428 g/mol. The van der Waals surface area contributed by atoms with Gasteiger partial charge in [0.15, 0.2) is 0 Å². The van der Waals surface area contributed by atoms with Crippen LogP contribution >= 0.6 is 0 Å². The Morgan fingerprint density at radius 1 is 1.12 bits per heavy atom. The number of phenolic OH excluding ortho intramolecular Hbond substituents is 1. The summed E-state index contributed by atoms with van der Waals surface area (Å²) in [4.78, 5) is 33.0. The number of carbonyl (C=O) groups excluding carboxylic acids is 2. The zero-order valence-electron chi connectivity index (χ0n) is 20.5. The monoisotopic (exact) mass is 462 g/mol. The molecule has 180 valence electrons. The van der Waals surface area contributed by atoms with E-state index < -0.39 is 5.66 Å². The highest BCUT2D eigenvalue weighted by Crippen LogP contribution is 2.47. The maximum absolute atomic E-state index is 13.9. The van der Waals surface area contributed by atoms with Crippen molar-refractivity contribution in [3.8, 4) is 5.75 Å². The highest BCUT2D eigenvalue weighted by molar-refractivity contribution is 6.46. The van der Waals surface area contributed by atoms with Gasteiger partial charge in [-0.05, 0) is 85.9 Å². The molecule has 0 aromatic heterocycles. The molecule has 0 radical (unpaired) electrons. The van der Waals surface area contributed by atoms with Crippen molar-refractivity contribution in [2.75, 3.05) is 7.11 Å². The lowest BCUT2D eigenvalue weighted by Gasteiger charge is -2.46. The fourth-order valence-electron chi connectivity index (χ4n) is 5.50. The van der Waals surface area contributed by atoms with Gasteiger partial charge in [-0.2, -0.15) is 0 Å². The van der Waals surface area contributed by atoms with Crippen molar-refractivity contribution in [1.29, 1.82) is 0 Å². The Morgan fingerprint density at radius 2 is 1.74 bits per heavy atom. The average Bonchev–Trinajstić information content (AvgIpc) is 3.12. The Morgan fingerprint density at radius 3 is 2.26 bits per heavy atom. The summed E-state index contributed by atoms with van der Waals surface area (Å²) in [5.74, 6) is 0.956. The molecule has 2 aliphatic rings. The Bertz CT molecular complexity index is 1060. The first-order valence-corrected chi connectivity index (χ1v) is 12.2. The van der Waals surface area contributed by atoms with Crippen LogP contribution < -0.4 is 0 Å². The number of methoxy groups -OCH3 is 1. The van der Waals surface area contributed by atoms with Crippen LogP contribution in [0.1, 0.15) is 80.4 Å². The van der Waals surface area contributed by atoms with E-state index in [1.807, 2.05) is 17.0 Å². The first-order chi connectivity index (χ1) is 16.3. The van der Waals surface area contributed by atoms with Gasteiger partial charge in [-0.15, -0.1) is 0 Å². The molecule has 6 nitrogen and oxygen atoms in total. The van der Waals surface area contributed by atoms with Gasteiger partial charge in [0.1, 0.15) is 17.1 Å². The maximum atomic E-state index is 13.9. The van der Waals surface area contributed by atoms with Crippen LogP contribution in [0.15, 0.2) is 53.5 Å². The summed E-state index contributed by atoms with van der Waals surface area (Å²) in [6.45, 7) is 6.62. The van der Waals surface area contributed by atoms with Crippen LogP contribution in [-0.2, 0) is 9.53 Å². The number of hydrogen-bond donors (Lipinski definition) is 1. The third-order valence-electron chi connectivity index (χ3n) is 7.52. The number of benzene rings is 2. The van der Waals surface area contributed by atoms with E-state index in [9.17, 15) is 14.7 Å². The van der Waals surface area contributed by atoms with E-state index in [0.717, 1.165) is 43.2 Å². The lowest BCUT2D eigenvalue weighted by Crippen LogP contribution is -2.51. The van der Waals surface area contributed by atoms with E-state index in [1.165, 1.54) is 7.11 Å². The number of amides is 1. The topological polar surface area (TPSA) is 79.2 Å². The summed E-state index contributed by atoms with van der Waals surface area (Å²) in [5.41, 5.74) is 2.09. The second kappa shape index (κ2) is 9.61. The van der Waals surface area contributed by atoms with Gasteiger partial charge in [0.05, 0.1) is 18.7 Å². The van der Waals surface area contributed by atoms with Crippen LogP contribution in [0.25, 0.3) is 0 Å². The van der Waals surface area contributed by atoms with Gasteiger partial charge in [0, 0.05) is 5.56 Å². The van der Waals surface area contributed by atoms with Crippen molar-refractivity contribution < 1.29 is 19.4 Å². The zero-order chi connectivity index (χ0) is 24.5. The van der Waals surface area contributed by atoms with Crippen molar-refractivity contribution in [2.24, 2.45) is 16.8 Å². The predicted molar refractivity (Wildman–Crippen MR) is 132 cm³/mol. The minimum absolute atomic E-state index is 0.0717. The highest BCUT2D eigenvalue weighted by Gasteiger charge is 2.51. The van der Waals surface area contributed by atoms with E-state index in [0.29, 0.717) is 23.1 Å². The zero-order valence-corrected chi connectivity index (χ0v) is 20.5. The van der Waals surface area contributed by atoms with Crippen molar-refractivity contribution in [1.82, 2.24) is 4.90 Å². The summed E-state index contributed by atoms with van der Waals surface area (Å²) in [5, 5.41) is 9.73. The van der Waals surface area contributed by atoms with E-state index in [2.05, 4.69) is 20.8 Å². The average molecular weight is 463 g/mol. The van der Waals surface area contributed by atoms with Crippen LogP contribution in [0.2, 0.25) is 0 Å². The summed E-state index contributed by atoms with van der Waals surface area (Å²) in [6, 6.07) is 13.9. The Hall–Kier alpha value is -3.15. The number of phenols is 1. The highest BCUT2D eigenvalue weighted by atomic mass is 16.5. The molecule has 6 heteroatoms. The second-order valence-corrected chi connectivity index (χ2v) is 9.78. The second-order valence-electron chi connectivity index (χ2n) is 9.78. The molecule has 1 spiro atoms. The van der Waals surface area contributed by atoms with Gasteiger partial charge in [-0.3, -0.25) is 9.79 Å². The molecule has 1 aliphatic carbocycles. The van der Waals surface area contributed by atoms with Crippen LogP contribution in [0.4, 0.5) is 0 Å². The number of nitrogens with zero attached hydrogens (tertiary/aromatic N) is 2. The molecule has 1 saturated carbocycles. The minimum Gasteiger partial charge on any atom is -0.508 e. The fraction of sp³-hybridized carbons (Fsp3) is 0.464. The number of hydrogen-bond acceptors (Lipinski definition) is 5. The number of ether oxygens (including phenoxy) is 1. The Balaban J connectivity index is 1.73. The molecule has 1 heterocycles. The van der Waals surface area contributed by atoms with Crippen LogP contribution in [-0.4, -0.2) is 40.4 Å². The lowest BCUT2D eigenvalue weighted by atomic mass is 9.76. The normalized spacial score (nSPS) is 23.3. The van der Waals surface area contributed by atoms with Crippen LogP contribution in [0.3, 0.4) is 0 Å². The van der Waals surface area contributed by atoms with Gasteiger partial charge >= 0.3 is 5.97 Å². The lowest BCUT2D eigenvalue weighted by molar-refractivity contribution is -0.133. The summed E-state index contributed by atoms with van der Waals surface area (Å²) in [7, 11) is 1.37. The molecule has 0 unspecified atom stereocenters. The van der Waals surface area contributed by atoms with Crippen molar-refractivity contribution in [3.05, 3.63) is 65.2 Å². The first kappa shape index (κ1) is 24.0. The van der Waals surface area contributed by atoms with E-state index in [-0.39, 0.29) is 23.7 Å². The number of aromatic hydroxyl groups is 1. The third kappa shape index (κ3) is 4.33. The van der Waals surface area contributed by atoms with Gasteiger partial charge in [0.25, 0.3) is 5.91 Å². The van der Waals surface area contributed by atoms with Gasteiger partial charge in [-0.25, -0.2) is 4.79 Å². The fourth-order valence-corrected chi connectivity index (χ4v) is 5.50. The molecule has 34 heavy (non-hydrogen) atoms. The number of rotatable bonds is 6. The SMILES string of the molecule is CC[C@H](c1ccc(C(=O)OC)cc1)N1C(=O)C(c2ccc(O)cc2)=NC12CCC(C(C)C)CC2. The third-order valence-corrected chi connectivity index (χ3v) is 7.52. The molecule has 1 fully saturated rings. The van der Waals surface area contributed by atoms with Gasteiger partial charge in [-0.1, -0.05) is 32.9 Å². The van der Waals surface area contributed by atoms with E-state index in [1.54, 1.807) is 36.4 Å². The molecule has 4 rings (SSSR count). The molecule has 2 aromatic carbocycles. The molecule has 0 bridgehead atoms. The van der Waals surface area contributed by atoms with Crippen molar-refractivity contribution in [3.63, 3.8) is 0 Å². The quantitative estimate of drug-likeness (QED) is 0.575. The molecular formula is C28H34N2O4. The molecule has 1 aliphatic heterocycles. The predicted octanol–water partition coefficient (Wildman–Crippen LogP) is 5.50. The van der Waals surface area contributed by atoms with Crippen LogP contribution in [0, 0.1) is 11.8 Å². The minimum atomic E-state index is -0.572. The first-order valence-electron chi connectivity index (χ1n) is 12.2. The van der Waals surface area contributed by atoms with E-state index >= 15 is 0 Å². The molecule has 1 N–H and O–H groups in total. The van der Waals surface area contributed by atoms with Crippen molar-refractivity contribution >= 4 is 17.6 Å². The molecule has 1 atom stereocenters. The Kier molecular flexibility index (Phi) is 6.78. The molecule has 0 saturated heterocycles. The van der Waals surface area contributed by atoms with Gasteiger partial charge < -0.3 is 14.7 Å². The summed E-state index contributed by atoms with van der Waals surface area (Å²) >= 11 is 0. The summed E-state index contributed by atoms with van der Waals surface area (Å²) < 4.78 is 4.83. The van der Waals surface area contributed by atoms with E-state index in [4.69, 9.17) is 9.73 Å². The van der Waals surface area contributed by atoms with Crippen LogP contribution in [0.5, 0.6) is 5.75 Å². The van der Waals surface area contributed by atoms with Crippen molar-refractivity contribution in [2.45, 2.75) is 64.6 Å². The smallest absolute Gasteiger partial charge is 0.337 e. The summed E-state index contributed by atoms with van der Waals surface area (Å²) in [6.07, 6.45) is 4.47. The largest absolute Gasteiger partial charge is 0.508 e. The number of carbonyl (C=O) groups is 2.